The molecule has 128 valence electrons. The number of hydrogen-bond acceptors (Lipinski definition) is 4. The Morgan fingerprint density at radius 3 is 2.61 bits per heavy atom. The van der Waals surface area contributed by atoms with Crippen LogP contribution in [0.3, 0.4) is 0 Å². The van der Waals surface area contributed by atoms with Gasteiger partial charge in [0.25, 0.3) is 0 Å². The summed E-state index contributed by atoms with van der Waals surface area (Å²) in [5.41, 5.74) is 6.44. The smallest absolute Gasteiger partial charge is 0.320 e. The van der Waals surface area contributed by atoms with Crippen molar-refractivity contribution in [3.8, 4) is 5.75 Å². The Balaban J connectivity index is 1.61. The van der Waals surface area contributed by atoms with Gasteiger partial charge in [-0.25, -0.2) is 0 Å². The molecule has 1 aromatic carbocycles. The summed E-state index contributed by atoms with van der Waals surface area (Å²) in [6, 6.07) is 6.69. The Bertz CT molecular complexity index is 470. The lowest BCUT2D eigenvalue weighted by Gasteiger charge is -2.22. The molecule has 1 aliphatic rings. The van der Waals surface area contributed by atoms with Crippen molar-refractivity contribution in [2.45, 2.75) is 44.6 Å². The lowest BCUT2D eigenvalue weighted by Crippen LogP contribution is -2.32. The van der Waals surface area contributed by atoms with Crippen molar-refractivity contribution in [1.29, 1.82) is 0 Å². The highest BCUT2D eigenvalue weighted by Crippen LogP contribution is 2.19. The van der Waals surface area contributed by atoms with Gasteiger partial charge in [-0.2, -0.15) is 0 Å². The summed E-state index contributed by atoms with van der Waals surface area (Å²) >= 11 is 0. The number of nitrogens with one attached hydrogen (secondary N) is 1. The number of nitrogens with two attached hydrogens (primary N) is 1. The first-order chi connectivity index (χ1) is 11.1. The molecule has 4 N–H and O–H groups in total. The summed E-state index contributed by atoms with van der Waals surface area (Å²) in [4.78, 5) is 10.7. The van der Waals surface area contributed by atoms with Crippen molar-refractivity contribution in [3.05, 3.63) is 29.8 Å². The van der Waals surface area contributed by atoms with Crippen molar-refractivity contribution < 1.29 is 14.6 Å². The second-order valence-electron chi connectivity index (χ2n) is 6.33. The van der Waals surface area contributed by atoms with E-state index in [1.54, 1.807) is 0 Å². The van der Waals surface area contributed by atoms with Crippen molar-refractivity contribution in [3.63, 3.8) is 0 Å². The first-order valence-corrected chi connectivity index (χ1v) is 8.56. The van der Waals surface area contributed by atoms with Crippen molar-refractivity contribution in [1.82, 2.24) is 5.32 Å². The molecule has 0 bridgehead atoms. The molecule has 0 amide bonds. The molecule has 0 spiro atoms. The van der Waals surface area contributed by atoms with E-state index in [1.807, 2.05) is 24.3 Å². The standard InChI is InChI=1S/C18H28N2O3/c19-17(18(21)22)13-15-4-6-16(7-5-15)23-12-2-1-3-14-8-10-20-11-9-14/h4-7,14,17,20H,1-3,8-13,19H2,(H,21,22). The predicted octanol–water partition coefficient (Wildman–Crippen LogP) is 2.19. The lowest BCUT2D eigenvalue weighted by molar-refractivity contribution is -0.138. The zero-order chi connectivity index (χ0) is 16.5. The zero-order valence-electron chi connectivity index (χ0n) is 13.7. The molecule has 1 fully saturated rings. The number of ether oxygens (including phenoxy) is 1. The van der Waals surface area contributed by atoms with Gasteiger partial charge in [0.1, 0.15) is 11.8 Å². The Kier molecular flexibility index (Phi) is 7.36. The quantitative estimate of drug-likeness (QED) is 0.607. The van der Waals surface area contributed by atoms with Gasteiger partial charge in [-0.1, -0.05) is 18.6 Å². The second kappa shape index (κ2) is 9.53. The highest BCUT2D eigenvalue weighted by atomic mass is 16.5. The number of carboxylic acids is 1. The summed E-state index contributed by atoms with van der Waals surface area (Å²) in [6.45, 7) is 3.07. The van der Waals surface area contributed by atoms with E-state index in [0.717, 1.165) is 30.3 Å². The molecule has 1 saturated heterocycles. The van der Waals surface area contributed by atoms with Gasteiger partial charge in [0.2, 0.25) is 0 Å². The van der Waals surface area contributed by atoms with E-state index in [1.165, 1.54) is 38.8 Å². The number of aliphatic carboxylic acids is 1. The number of hydrogen-bond donors (Lipinski definition) is 3. The van der Waals surface area contributed by atoms with Crippen LogP contribution in [0.5, 0.6) is 5.75 Å². The average Bonchev–Trinajstić information content (AvgIpc) is 2.57. The number of benzene rings is 1. The largest absolute Gasteiger partial charge is 0.494 e. The van der Waals surface area contributed by atoms with Gasteiger partial charge in [0.15, 0.2) is 0 Å². The molecule has 1 heterocycles. The van der Waals surface area contributed by atoms with E-state index in [4.69, 9.17) is 15.6 Å². The van der Waals surface area contributed by atoms with Crippen LogP contribution in [0.4, 0.5) is 0 Å². The van der Waals surface area contributed by atoms with E-state index in [9.17, 15) is 4.79 Å². The maximum atomic E-state index is 10.7. The monoisotopic (exact) mass is 320 g/mol. The average molecular weight is 320 g/mol. The van der Waals surface area contributed by atoms with Crippen LogP contribution >= 0.6 is 0 Å². The Morgan fingerprint density at radius 2 is 1.96 bits per heavy atom. The van der Waals surface area contributed by atoms with E-state index in [-0.39, 0.29) is 0 Å². The number of carboxylic acid groups (broad SMARTS) is 1. The molecule has 2 rings (SSSR count). The Hall–Kier alpha value is -1.59. The van der Waals surface area contributed by atoms with Gasteiger partial charge in [0.05, 0.1) is 6.61 Å². The second-order valence-corrected chi connectivity index (χ2v) is 6.33. The van der Waals surface area contributed by atoms with Crippen LogP contribution in [0.2, 0.25) is 0 Å². The summed E-state index contributed by atoms with van der Waals surface area (Å²) in [5.74, 6) is 0.743. The summed E-state index contributed by atoms with van der Waals surface area (Å²) in [5, 5.41) is 12.2. The topological polar surface area (TPSA) is 84.6 Å². The van der Waals surface area contributed by atoms with Gasteiger partial charge in [-0.3, -0.25) is 4.79 Å². The lowest BCUT2D eigenvalue weighted by atomic mass is 9.93. The third kappa shape index (κ3) is 6.59. The summed E-state index contributed by atoms with van der Waals surface area (Å²) < 4.78 is 5.74. The maximum absolute atomic E-state index is 10.7. The Labute approximate surface area is 138 Å². The van der Waals surface area contributed by atoms with Crippen LogP contribution < -0.4 is 15.8 Å². The molecule has 23 heavy (non-hydrogen) atoms. The number of unbranched alkanes of at least 4 members (excludes halogenated alkanes) is 1. The van der Waals surface area contributed by atoms with E-state index in [2.05, 4.69) is 5.32 Å². The summed E-state index contributed by atoms with van der Waals surface area (Å²) in [6.07, 6.45) is 6.55. The van der Waals surface area contributed by atoms with Gasteiger partial charge >= 0.3 is 5.97 Å². The first kappa shape index (κ1) is 17.8. The predicted molar refractivity (Wildman–Crippen MR) is 90.7 cm³/mol. The van der Waals surface area contributed by atoms with E-state index < -0.39 is 12.0 Å². The van der Waals surface area contributed by atoms with Crippen LogP contribution in [0.25, 0.3) is 0 Å². The van der Waals surface area contributed by atoms with Gasteiger partial charge in [-0.15, -0.1) is 0 Å². The highest BCUT2D eigenvalue weighted by molar-refractivity contribution is 5.73. The fourth-order valence-electron chi connectivity index (χ4n) is 2.96. The molecule has 1 atom stereocenters. The van der Waals surface area contributed by atoms with Crippen molar-refractivity contribution in [2.75, 3.05) is 19.7 Å². The maximum Gasteiger partial charge on any atom is 0.320 e. The molecule has 5 heteroatoms. The van der Waals surface area contributed by atoms with Crippen molar-refractivity contribution in [2.24, 2.45) is 11.7 Å². The van der Waals surface area contributed by atoms with Crippen LogP contribution in [0.15, 0.2) is 24.3 Å². The Morgan fingerprint density at radius 1 is 1.26 bits per heavy atom. The van der Waals surface area contributed by atoms with Gasteiger partial charge in [-0.05, 0) is 68.8 Å². The molecule has 5 nitrogen and oxygen atoms in total. The van der Waals surface area contributed by atoms with Crippen molar-refractivity contribution >= 4 is 5.97 Å². The molecule has 0 aliphatic carbocycles. The van der Waals surface area contributed by atoms with Crippen LogP contribution in [-0.2, 0) is 11.2 Å². The SMILES string of the molecule is NC(Cc1ccc(OCCCCC2CCNCC2)cc1)C(=O)O. The fourth-order valence-corrected chi connectivity index (χ4v) is 2.96. The molecule has 0 saturated carbocycles. The summed E-state index contributed by atoms with van der Waals surface area (Å²) in [7, 11) is 0. The highest BCUT2D eigenvalue weighted by Gasteiger charge is 2.13. The molecule has 1 unspecified atom stereocenters. The van der Waals surface area contributed by atoms with E-state index >= 15 is 0 Å². The fraction of sp³-hybridized carbons (Fsp3) is 0.611. The minimum atomic E-state index is -0.973. The molecule has 0 radical (unpaired) electrons. The van der Waals surface area contributed by atoms with Gasteiger partial charge < -0.3 is 20.9 Å². The molecular weight excluding hydrogens is 292 g/mol. The van der Waals surface area contributed by atoms with Crippen LogP contribution in [0.1, 0.15) is 37.7 Å². The molecule has 0 aromatic heterocycles. The number of carbonyl (C=O) groups is 1. The molecular formula is C18H28N2O3. The molecule has 1 aliphatic heterocycles. The van der Waals surface area contributed by atoms with E-state index in [0.29, 0.717) is 6.42 Å². The van der Waals surface area contributed by atoms with Crippen LogP contribution in [0, 0.1) is 5.92 Å². The van der Waals surface area contributed by atoms with Crippen LogP contribution in [-0.4, -0.2) is 36.8 Å². The number of piperidine rings is 1. The number of rotatable bonds is 9. The minimum Gasteiger partial charge on any atom is -0.494 e. The first-order valence-electron chi connectivity index (χ1n) is 8.56. The zero-order valence-corrected chi connectivity index (χ0v) is 13.7. The minimum absolute atomic E-state index is 0.339. The van der Waals surface area contributed by atoms with Gasteiger partial charge in [0, 0.05) is 0 Å². The molecule has 1 aromatic rings. The third-order valence-corrected chi connectivity index (χ3v) is 4.43. The third-order valence-electron chi connectivity index (χ3n) is 4.43. The normalized spacial score (nSPS) is 16.9.